The van der Waals surface area contributed by atoms with Gasteiger partial charge in [0.15, 0.2) is 0 Å². The number of fused-ring (bicyclic) bond motifs is 1. The lowest BCUT2D eigenvalue weighted by molar-refractivity contribution is -0.0893. The summed E-state index contributed by atoms with van der Waals surface area (Å²) >= 11 is 0. The van der Waals surface area contributed by atoms with Crippen molar-refractivity contribution in [1.29, 1.82) is 0 Å². The molecule has 0 aromatic rings. The van der Waals surface area contributed by atoms with Crippen molar-refractivity contribution in [2.24, 2.45) is 5.84 Å². The molecule has 2 heterocycles. The van der Waals surface area contributed by atoms with E-state index in [0.717, 1.165) is 31.1 Å². The summed E-state index contributed by atoms with van der Waals surface area (Å²) in [7, 11) is 3.66. The number of ether oxygens (including phenoxy) is 1. The first kappa shape index (κ1) is 15.2. The van der Waals surface area contributed by atoms with Gasteiger partial charge in [-0.05, 0) is 13.5 Å². The lowest BCUT2D eigenvalue weighted by atomic mass is 9.99. The Hall–Kier alpha value is -0.850. The maximum atomic E-state index is 11.7. The highest BCUT2D eigenvalue weighted by atomic mass is 16.5. The Balaban J connectivity index is 0.000000771. The quantitative estimate of drug-likeness (QED) is 0.387. The van der Waals surface area contributed by atoms with Crippen LogP contribution in [0.1, 0.15) is 20.3 Å². The molecule has 0 spiro atoms. The van der Waals surface area contributed by atoms with E-state index in [4.69, 9.17) is 10.6 Å². The van der Waals surface area contributed by atoms with Gasteiger partial charge in [0.1, 0.15) is 0 Å². The summed E-state index contributed by atoms with van der Waals surface area (Å²) in [6.45, 7) is 7.17. The molecule has 0 aromatic carbocycles. The van der Waals surface area contributed by atoms with Crippen LogP contribution in [0.3, 0.4) is 0 Å². The molecule has 0 saturated carbocycles. The maximum absolute atomic E-state index is 11.7. The van der Waals surface area contributed by atoms with Crippen LogP contribution in [0.15, 0.2) is 0 Å². The van der Waals surface area contributed by atoms with Crippen LogP contribution in [-0.2, 0) is 4.74 Å². The minimum atomic E-state index is -0.113. The molecule has 2 atom stereocenters. The van der Waals surface area contributed by atoms with E-state index in [9.17, 15) is 4.79 Å². The zero-order valence-corrected chi connectivity index (χ0v) is 11.9. The number of nitrogens with two attached hydrogens (primary N) is 1. The number of nitrogens with zero attached hydrogens (tertiary/aromatic N) is 3. The predicted octanol–water partition coefficient (Wildman–Crippen LogP) is 0.343. The number of hydrogen-bond donors (Lipinski definition) is 1. The molecule has 2 aliphatic heterocycles. The second-order valence-electron chi connectivity index (χ2n) is 4.59. The fraction of sp³-hybridized carbons (Fsp3) is 0.917. The normalized spacial score (nSPS) is 27.9. The van der Waals surface area contributed by atoms with E-state index in [0.29, 0.717) is 12.6 Å². The summed E-state index contributed by atoms with van der Waals surface area (Å²) in [5.74, 6) is 5.47. The number of urea groups is 1. The van der Waals surface area contributed by atoms with Crippen molar-refractivity contribution in [2.45, 2.75) is 32.4 Å². The highest BCUT2D eigenvalue weighted by Crippen LogP contribution is 2.22. The number of hydrazine groups is 1. The monoisotopic (exact) mass is 258 g/mol. The molecular formula is C12H26N4O2. The van der Waals surface area contributed by atoms with Gasteiger partial charge >= 0.3 is 6.03 Å². The molecule has 0 radical (unpaired) electrons. The summed E-state index contributed by atoms with van der Waals surface area (Å²) < 4.78 is 5.72. The largest absolute Gasteiger partial charge is 0.375 e. The summed E-state index contributed by atoms with van der Waals surface area (Å²) in [6.07, 6.45) is 1.17. The molecule has 2 rings (SSSR count). The Labute approximate surface area is 110 Å². The second kappa shape index (κ2) is 6.92. The molecule has 0 bridgehead atoms. The fourth-order valence-corrected chi connectivity index (χ4v) is 2.44. The Kier molecular flexibility index (Phi) is 5.84. The van der Waals surface area contributed by atoms with E-state index in [1.807, 2.05) is 13.8 Å². The van der Waals surface area contributed by atoms with E-state index < -0.39 is 0 Å². The minimum Gasteiger partial charge on any atom is -0.375 e. The van der Waals surface area contributed by atoms with E-state index in [1.165, 1.54) is 0 Å². The van der Waals surface area contributed by atoms with Gasteiger partial charge in [-0.25, -0.2) is 10.6 Å². The average molecular weight is 258 g/mol. The van der Waals surface area contributed by atoms with Crippen molar-refractivity contribution in [3.63, 3.8) is 0 Å². The summed E-state index contributed by atoms with van der Waals surface area (Å²) in [5, 5.41) is 1.14. The van der Waals surface area contributed by atoms with Crippen molar-refractivity contribution >= 4 is 6.03 Å². The highest BCUT2D eigenvalue weighted by molar-refractivity contribution is 5.73. The predicted molar refractivity (Wildman–Crippen MR) is 71.0 cm³/mol. The van der Waals surface area contributed by atoms with Crippen LogP contribution in [0.2, 0.25) is 0 Å². The number of piperidine rings is 1. The Morgan fingerprint density at radius 2 is 2.06 bits per heavy atom. The molecule has 106 valence electrons. The third-order valence-electron chi connectivity index (χ3n) is 3.43. The Morgan fingerprint density at radius 3 is 2.67 bits per heavy atom. The van der Waals surface area contributed by atoms with Gasteiger partial charge in [0, 0.05) is 26.7 Å². The van der Waals surface area contributed by atoms with Gasteiger partial charge < -0.3 is 9.64 Å². The molecule has 2 N–H and O–H groups in total. The SMILES string of the molecule is CC.CN(N)C(=O)N1CCC2OCCN(C)C2C1. The zero-order chi connectivity index (χ0) is 13.7. The molecule has 18 heavy (non-hydrogen) atoms. The van der Waals surface area contributed by atoms with Crippen LogP contribution in [0.5, 0.6) is 0 Å². The second-order valence-corrected chi connectivity index (χ2v) is 4.59. The number of likely N-dealkylation sites (N-methyl/N-ethyl adjacent to an activating group) is 1. The fourth-order valence-electron chi connectivity index (χ4n) is 2.44. The number of morpholine rings is 1. The van der Waals surface area contributed by atoms with Crippen LogP contribution in [0, 0.1) is 0 Å². The zero-order valence-electron chi connectivity index (χ0n) is 11.9. The Bertz CT molecular complexity index is 273. The third kappa shape index (κ3) is 3.34. The van der Waals surface area contributed by atoms with Crippen LogP contribution in [-0.4, -0.2) is 73.3 Å². The van der Waals surface area contributed by atoms with Crippen molar-refractivity contribution in [3.05, 3.63) is 0 Å². The molecule has 2 fully saturated rings. The minimum absolute atomic E-state index is 0.113. The summed E-state index contributed by atoms with van der Waals surface area (Å²) in [6, 6.07) is 0.198. The Morgan fingerprint density at radius 1 is 1.39 bits per heavy atom. The highest BCUT2D eigenvalue weighted by Gasteiger charge is 2.37. The number of amides is 2. The lowest BCUT2D eigenvalue weighted by Crippen LogP contribution is -2.61. The molecule has 6 nitrogen and oxygen atoms in total. The van der Waals surface area contributed by atoms with Crippen molar-refractivity contribution in [3.8, 4) is 0 Å². The van der Waals surface area contributed by atoms with E-state index in [1.54, 1.807) is 11.9 Å². The van der Waals surface area contributed by atoms with Crippen LogP contribution in [0.4, 0.5) is 4.79 Å². The summed E-state index contributed by atoms with van der Waals surface area (Å²) in [4.78, 5) is 15.8. The summed E-state index contributed by atoms with van der Waals surface area (Å²) in [5.41, 5.74) is 0. The first-order chi connectivity index (χ1) is 8.59. The van der Waals surface area contributed by atoms with Gasteiger partial charge in [0.25, 0.3) is 0 Å². The molecule has 2 amide bonds. The molecule has 0 aliphatic carbocycles. The van der Waals surface area contributed by atoms with Crippen LogP contribution in [0.25, 0.3) is 0 Å². The van der Waals surface area contributed by atoms with Gasteiger partial charge in [-0.3, -0.25) is 9.91 Å². The van der Waals surface area contributed by atoms with Gasteiger partial charge in [-0.15, -0.1) is 0 Å². The average Bonchev–Trinajstić information content (AvgIpc) is 2.40. The van der Waals surface area contributed by atoms with E-state index in [-0.39, 0.29) is 12.1 Å². The lowest BCUT2D eigenvalue weighted by Gasteiger charge is -2.45. The number of hydrogen-bond acceptors (Lipinski definition) is 4. The number of carbonyl (C=O) groups excluding carboxylic acids is 1. The third-order valence-corrected chi connectivity index (χ3v) is 3.43. The van der Waals surface area contributed by atoms with Crippen molar-refractivity contribution in [1.82, 2.24) is 14.8 Å². The van der Waals surface area contributed by atoms with E-state index in [2.05, 4.69) is 11.9 Å². The smallest absolute Gasteiger partial charge is 0.333 e. The molecule has 2 aliphatic rings. The van der Waals surface area contributed by atoms with Crippen LogP contribution < -0.4 is 5.84 Å². The van der Waals surface area contributed by atoms with Gasteiger partial charge in [0.2, 0.25) is 0 Å². The molecule has 2 saturated heterocycles. The maximum Gasteiger partial charge on any atom is 0.333 e. The number of carbonyl (C=O) groups is 1. The van der Waals surface area contributed by atoms with Gasteiger partial charge in [-0.1, -0.05) is 13.8 Å². The topological polar surface area (TPSA) is 62.0 Å². The first-order valence-electron chi connectivity index (χ1n) is 6.69. The van der Waals surface area contributed by atoms with Gasteiger partial charge in [-0.2, -0.15) is 0 Å². The van der Waals surface area contributed by atoms with Gasteiger partial charge in [0.05, 0.1) is 18.8 Å². The van der Waals surface area contributed by atoms with Crippen molar-refractivity contribution in [2.75, 3.05) is 40.3 Å². The molecule has 0 aromatic heterocycles. The van der Waals surface area contributed by atoms with E-state index >= 15 is 0 Å². The molecular weight excluding hydrogens is 232 g/mol. The van der Waals surface area contributed by atoms with Crippen molar-refractivity contribution < 1.29 is 9.53 Å². The number of likely N-dealkylation sites (tertiary alicyclic amines) is 1. The number of rotatable bonds is 0. The first-order valence-corrected chi connectivity index (χ1v) is 6.69. The standard InChI is InChI=1S/C10H20N4O2.C2H6/c1-12-5-6-16-9-3-4-14(7-8(9)12)10(15)13(2)11;1-2/h8-9H,3-7,11H2,1-2H3;1-2H3. The molecule has 2 unspecified atom stereocenters. The van der Waals surface area contributed by atoms with Crippen LogP contribution >= 0.6 is 0 Å². The molecule has 6 heteroatoms.